The molecule has 0 amide bonds. The van der Waals surface area contributed by atoms with Crippen LogP contribution < -0.4 is 4.90 Å². The van der Waals surface area contributed by atoms with Crippen molar-refractivity contribution in [2.75, 3.05) is 29.5 Å². The Morgan fingerprint density at radius 3 is 2.33 bits per heavy atom. The van der Waals surface area contributed by atoms with Crippen molar-refractivity contribution in [2.24, 2.45) is 0 Å². The number of rotatable bonds is 2. The molecule has 1 heterocycles. The molecule has 1 aliphatic heterocycles. The maximum Gasteiger partial charge on any atom is 0.252 e. The van der Waals surface area contributed by atoms with Crippen LogP contribution in [0.25, 0.3) is 0 Å². The quantitative estimate of drug-likeness (QED) is 0.743. The molecule has 0 radical (unpaired) electrons. The molecule has 0 aromatic heterocycles. The highest BCUT2D eigenvalue weighted by Gasteiger charge is 2.11. The Hall–Kier alpha value is -0.670. The average molecular weight is 242 g/mol. The summed E-state index contributed by atoms with van der Waals surface area (Å²) in [6.07, 6.45) is 0. The van der Waals surface area contributed by atoms with Crippen molar-refractivity contribution in [3.63, 3.8) is 0 Å². The highest BCUT2D eigenvalue weighted by Crippen LogP contribution is 2.20. The molecule has 80 valence electrons. The summed E-state index contributed by atoms with van der Waals surface area (Å²) < 4.78 is 0. The lowest BCUT2D eigenvalue weighted by Crippen LogP contribution is -2.32. The fraction of sp³-hybridized carbons (Fsp3) is 0.364. The van der Waals surface area contributed by atoms with E-state index in [-0.39, 0.29) is 0 Å². The molecule has 1 aromatic carbocycles. The Labute approximate surface area is 98.6 Å². The summed E-state index contributed by atoms with van der Waals surface area (Å²) in [5.74, 6) is 2.35. The maximum atomic E-state index is 10.9. The Balaban J connectivity index is 2.11. The van der Waals surface area contributed by atoms with Crippen molar-refractivity contribution in [3.05, 3.63) is 29.8 Å². The second kappa shape index (κ2) is 4.90. The van der Waals surface area contributed by atoms with E-state index in [1.54, 1.807) is 12.1 Å². The van der Waals surface area contributed by atoms with E-state index >= 15 is 0 Å². The first-order chi connectivity index (χ1) is 7.27. The van der Waals surface area contributed by atoms with E-state index in [1.165, 1.54) is 17.2 Å². The van der Waals surface area contributed by atoms with Gasteiger partial charge in [-0.15, -0.1) is 0 Å². The van der Waals surface area contributed by atoms with Gasteiger partial charge in [0, 0.05) is 35.8 Å². The van der Waals surface area contributed by atoms with Gasteiger partial charge in [-0.05, 0) is 35.9 Å². The third kappa shape index (κ3) is 2.67. The van der Waals surface area contributed by atoms with E-state index in [9.17, 15) is 4.79 Å². The molecule has 0 atom stereocenters. The van der Waals surface area contributed by atoms with Crippen LogP contribution in [0.1, 0.15) is 10.4 Å². The van der Waals surface area contributed by atoms with Gasteiger partial charge in [0.15, 0.2) is 0 Å². The minimum atomic E-state index is -0.393. The van der Waals surface area contributed by atoms with Gasteiger partial charge in [0.05, 0.1) is 0 Å². The summed E-state index contributed by atoms with van der Waals surface area (Å²) in [6, 6.07) is 7.50. The van der Waals surface area contributed by atoms with Gasteiger partial charge in [0.1, 0.15) is 0 Å². The van der Waals surface area contributed by atoms with Crippen LogP contribution in [0.3, 0.4) is 0 Å². The van der Waals surface area contributed by atoms with E-state index in [1.807, 2.05) is 23.9 Å². The van der Waals surface area contributed by atoms with Gasteiger partial charge in [-0.3, -0.25) is 4.79 Å². The molecular formula is C11H12ClNOS. The molecule has 0 bridgehead atoms. The molecule has 1 aliphatic rings. The first-order valence-electron chi connectivity index (χ1n) is 4.90. The van der Waals surface area contributed by atoms with Crippen molar-refractivity contribution < 1.29 is 4.79 Å². The zero-order chi connectivity index (χ0) is 10.7. The van der Waals surface area contributed by atoms with E-state index < -0.39 is 5.24 Å². The number of nitrogens with zero attached hydrogens (tertiary/aromatic N) is 1. The number of thioether (sulfide) groups is 1. The molecule has 0 aliphatic carbocycles. The van der Waals surface area contributed by atoms with Crippen LogP contribution in [0.5, 0.6) is 0 Å². The molecule has 1 aromatic rings. The number of hydrogen-bond donors (Lipinski definition) is 0. The minimum Gasteiger partial charge on any atom is -0.370 e. The first kappa shape index (κ1) is 10.8. The van der Waals surface area contributed by atoms with Crippen LogP contribution >= 0.6 is 23.4 Å². The standard InChI is InChI=1S/C11H12ClNOS/c12-11(14)9-1-3-10(4-2-9)13-5-7-15-8-6-13/h1-4H,5-8H2. The third-order valence-corrected chi connectivity index (χ3v) is 3.63. The lowest BCUT2D eigenvalue weighted by Gasteiger charge is -2.28. The summed E-state index contributed by atoms with van der Waals surface area (Å²) in [7, 11) is 0. The lowest BCUT2D eigenvalue weighted by atomic mass is 10.2. The van der Waals surface area contributed by atoms with E-state index in [0.717, 1.165) is 13.1 Å². The summed E-state index contributed by atoms with van der Waals surface area (Å²) in [5, 5.41) is -0.393. The maximum absolute atomic E-state index is 10.9. The van der Waals surface area contributed by atoms with Crippen molar-refractivity contribution in [3.8, 4) is 0 Å². The number of carbonyl (C=O) groups excluding carboxylic acids is 1. The SMILES string of the molecule is O=C(Cl)c1ccc(N2CCSCC2)cc1. The van der Waals surface area contributed by atoms with Gasteiger partial charge < -0.3 is 4.90 Å². The van der Waals surface area contributed by atoms with Gasteiger partial charge >= 0.3 is 0 Å². The van der Waals surface area contributed by atoms with Crippen molar-refractivity contribution in [1.82, 2.24) is 0 Å². The zero-order valence-corrected chi connectivity index (χ0v) is 9.85. The molecule has 4 heteroatoms. The molecule has 15 heavy (non-hydrogen) atoms. The molecule has 0 N–H and O–H groups in total. The normalized spacial score (nSPS) is 16.5. The number of benzene rings is 1. The molecule has 0 unspecified atom stereocenters. The number of anilines is 1. The zero-order valence-electron chi connectivity index (χ0n) is 8.28. The average Bonchev–Trinajstić information content (AvgIpc) is 2.30. The summed E-state index contributed by atoms with van der Waals surface area (Å²) in [4.78, 5) is 13.2. The van der Waals surface area contributed by atoms with Crippen LogP contribution in [0.4, 0.5) is 5.69 Å². The molecule has 2 nitrogen and oxygen atoms in total. The van der Waals surface area contributed by atoms with Crippen molar-refractivity contribution in [1.29, 1.82) is 0 Å². The lowest BCUT2D eigenvalue weighted by molar-refractivity contribution is 0.108. The Bertz CT molecular complexity index is 346. The van der Waals surface area contributed by atoms with Crippen LogP contribution in [0.2, 0.25) is 0 Å². The second-order valence-corrected chi connectivity index (χ2v) is 4.99. The number of carbonyl (C=O) groups is 1. The Kier molecular flexibility index (Phi) is 3.54. The topological polar surface area (TPSA) is 20.3 Å². The van der Waals surface area contributed by atoms with Crippen LogP contribution in [0, 0.1) is 0 Å². The highest BCUT2D eigenvalue weighted by atomic mass is 35.5. The number of halogens is 1. The fourth-order valence-corrected chi connectivity index (χ4v) is 2.65. The monoisotopic (exact) mass is 241 g/mol. The van der Waals surface area contributed by atoms with Gasteiger partial charge in [-0.1, -0.05) is 0 Å². The summed E-state index contributed by atoms with van der Waals surface area (Å²) >= 11 is 7.37. The van der Waals surface area contributed by atoms with Crippen LogP contribution in [-0.2, 0) is 0 Å². The van der Waals surface area contributed by atoms with Gasteiger partial charge in [0.25, 0.3) is 5.24 Å². The molecular weight excluding hydrogens is 230 g/mol. The largest absolute Gasteiger partial charge is 0.370 e. The van der Waals surface area contributed by atoms with Crippen LogP contribution in [-0.4, -0.2) is 29.8 Å². The van der Waals surface area contributed by atoms with E-state index in [0.29, 0.717) is 5.56 Å². The van der Waals surface area contributed by atoms with Gasteiger partial charge in [0.2, 0.25) is 0 Å². The van der Waals surface area contributed by atoms with Crippen molar-refractivity contribution >= 4 is 34.3 Å². The predicted molar refractivity (Wildman–Crippen MR) is 66.2 cm³/mol. The third-order valence-electron chi connectivity index (χ3n) is 2.47. The van der Waals surface area contributed by atoms with E-state index in [4.69, 9.17) is 11.6 Å². The minimum absolute atomic E-state index is 0.393. The molecule has 0 spiro atoms. The molecule has 1 saturated heterocycles. The molecule has 0 saturated carbocycles. The fourth-order valence-electron chi connectivity index (χ4n) is 1.62. The van der Waals surface area contributed by atoms with Crippen molar-refractivity contribution in [2.45, 2.75) is 0 Å². The smallest absolute Gasteiger partial charge is 0.252 e. The molecule has 2 rings (SSSR count). The summed E-state index contributed by atoms with van der Waals surface area (Å²) in [6.45, 7) is 2.16. The molecule has 1 fully saturated rings. The van der Waals surface area contributed by atoms with Gasteiger partial charge in [-0.2, -0.15) is 11.8 Å². The predicted octanol–water partition coefficient (Wildman–Crippen LogP) is 2.62. The second-order valence-electron chi connectivity index (χ2n) is 3.42. The summed E-state index contributed by atoms with van der Waals surface area (Å²) in [5.41, 5.74) is 1.74. The van der Waals surface area contributed by atoms with E-state index in [2.05, 4.69) is 4.90 Å². The van der Waals surface area contributed by atoms with Crippen LogP contribution in [0.15, 0.2) is 24.3 Å². The van der Waals surface area contributed by atoms with Gasteiger partial charge in [-0.25, -0.2) is 0 Å². The number of hydrogen-bond acceptors (Lipinski definition) is 3. The Morgan fingerprint density at radius 2 is 1.80 bits per heavy atom. The highest BCUT2D eigenvalue weighted by molar-refractivity contribution is 7.99. The Morgan fingerprint density at radius 1 is 1.20 bits per heavy atom. The first-order valence-corrected chi connectivity index (χ1v) is 6.43.